The molecule has 5 heteroatoms. The van der Waals surface area contributed by atoms with Crippen LogP contribution in [0.15, 0.2) is 0 Å². The standard InChI is InChI=1S/C8H12N2O3/c1-13-5-10-6(11)8(3-2-4-8)9-7(10)12/h2-5H2,1H3,(H,9,12). The SMILES string of the molecule is COCN1C(=O)NC2(CCC2)C1=O. The molecule has 0 aromatic heterocycles. The topological polar surface area (TPSA) is 58.6 Å². The lowest BCUT2D eigenvalue weighted by Gasteiger charge is -2.34. The summed E-state index contributed by atoms with van der Waals surface area (Å²) in [5, 5.41) is 2.71. The maximum Gasteiger partial charge on any atom is 0.326 e. The number of carbonyl (C=O) groups is 2. The highest BCUT2D eigenvalue weighted by molar-refractivity contribution is 6.07. The molecule has 1 aliphatic carbocycles. The van der Waals surface area contributed by atoms with Crippen molar-refractivity contribution in [2.45, 2.75) is 24.8 Å². The molecule has 1 aliphatic heterocycles. The molecule has 0 atom stereocenters. The predicted octanol–water partition coefficient (Wildman–Crippen LogP) is 0.0648. The highest BCUT2D eigenvalue weighted by Crippen LogP contribution is 2.36. The number of carbonyl (C=O) groups excluding carboxylic acids is 2. The van der Waals surface area contributed by atoms with Crippen LogP contribution in [-0.2, 0) is 9.53 Å². The summed E-state index contributed by atoms with van der Waals surface area (Å²) in [6, 6.07) is -0.327. The number of nitrogens with zero attached hydrogens (tertiary/aromatic N) is 1. The van der Waals surface area contributed by atoms with Crippen LogP contribution in [-0.4, -0.2) is 36.2 Å². The van der Waals surface area contributed by atoms with Crippen LogP contribution in [0.5, 0.6) is 0 Å². The molecule has 1 spiro atoms. The van der Waals surface area contributed by atoms with Crippen LogP contribution in [0, 0.1) is 0 Å². The number of ether oxygens (including phenoxy) is 1. The Morgan fingerprint density at radius 3 is 2.62 bits per heavy atom. The van der Waals surface area contributed by atoms with E-state index in [9.17, 15) is 9.59 Å². The molecule has 2 fully saturated rings. The predicted molar refractivity (Wildman–Crippen MR) is 43.8 cm³/mol. The third kappa shape index (κ3) is 1.03. The first-order valence-corrected chi connectivity index (χ1v) is 4.33. The summed E-state index contributed by atoms with van der Waals surface area (Å²) < 4.78 is 4.77. The molecule has 5 nitrogen and oxygen atoms in total. The van der Waals surface area contributed by atoms with Crippen LogP contribution in [0.3, 0.4) is 0 Å². The molecule has 0 aromatic carbocycles. The van der Waals surface area contributed by atoms with Gasteiger partial charge in [0.25, 0.3) is 5.91 Å². The average Bonchev–Trinajstić information content (AvgIpc) is 2.28. The summed E-state index contributed by atoms with van der Waals surface area (Å²) in [5.74, 6) is -0.134. The van der Waals surface area contributed by atoms with E-state index in [4.69, 9.17) is 4.74 Å². The highest BCUT2D eigenvalue weighted by Gasteiger charge is 2.54. The molecule has 3 amide bonds. The highest BCUT2D eigenvalue weighted by atomic mass is 16.5. The zero-order valence-electron chi connectivity index (χ0n) is 7.50. The smallest absolute Gasteiger partial charge is 0.326 e. The second-order valence-corrected chi connectivity index (χ2v) is 3.52. The molecule has 13 heavy (non-hydrogen) atoms. The largest absolute Gasteiger partial charge is 0.364 e. The van der Waals surface area contributed by atoms with Crippen LogP contribution in [0.25, 0.3) is 0 Å². The lowest BCUT2D eigenvalue weighted by atomic mass is 9.77. The van der Waals surface area contributed by atoms with Crippen LogP contribution < -0.4 is 5.32 Å². The molecule has 1 heterocycles. The van der Waals surface area contributed by atoms with Gasteiger partial charge in [-0.1, -0.05) is 0 Å². The first kappa shape index (κ1) is 8.50. The number of hydrogen-bond acceptors (Lipinski definition) is 3. The summed E-state index contributed by atoms with van der Waals surface area (Å²) in [6.07, 6.45) is 2.53. The minimum Gasteiger partial charge on any atom is -0.364 e. The van der Waals surface area contributed by atoms with Crippen molar-refractivity contribution in [2.24, 2.45) is 0 Å². The van der Waals surface area contributed by atoms with Crippen LogP contribution in [0.1, 0.15) is 19.3 Å². The third-order valence-electron chi connectivity index (χ3n) is 2.71. The van der Waals surface area contributed by atoms with Crippen molar-refractivity contribution < 1.29 is 14.3 Å². The minimum atomic E-state index is -0.574. The molecule has 72 valence electrons. The summed E-state index contributed by atoms with van der Waals surface area (Å²) in [5.41, 5.74) is -0.574. The Labute approximate surface area is 76.0 Å². The van der Waals surface area contributed by atoms with Gasteiger partial charge in [-0.15, -0.1) is 0 Å². The van der Waals surface area contributed by atoms with E-state index in [0.717, 1.165) is 24.2 Å². The number of imide groups is 1. The fourth-order valence-corrected chi connectivity index (χ4v) is 1.79. The van der Waals surface area contributed by atoms with Gasteiger partial charge in [0.1, 0.15) is 12.3 Å². The fourth-order valence-electron chi connectivity index (χ4n) is 1.79. The lowest BCUT2D eigenvalue weighted by molar-refractivity contribution is -0.137. The van der Waals surface area contributed by atoms with Gasteiger partial charge in [-0.3, -0.25) is 4.79 Å². The van der Waals surface area contributed by atoms with Crippen molar-refractivity contribution in [2.75, 3.05) is 13.8 Å². The number of amides is 3. The zero-order chi connectivity index (χ0) is 9.47. The molecular weight excluding hydrogens is 172 g/mol. The van der Waals surface area contributed by atoms with Crippen molar-refractivity contribution in [3.05, 3.63) is 0 Å². The Morgan fingerprint density at radius 2 is 2.23 bits per heavy atom. The summed E-state index contributed by atoms with van der Waals surface area (Å²) in [6.45, 7) is 0.0480. The number of methoxy groups -OCH3 is 1. The van der Waals surface area contributed by atoms with Crippen molar-refractivity contribution in [3.8, 4) is 0 Å². The molecule has 1 N–H and O–H groups in total. The summed E-state index contributed by atoms with van der Waals surface area (Å²) in [4.78, 5) is 24.1. The molecule has 1 saturated carbocycles. The van der Waals surface area contributed by atoms with Gasteiger partial charge in [-0.25, -0.2) is 9.69 Å². The van der Waals surface area contributed by atoms with Gasteiger partial charge in [0.2, 0.25) is 0 Å². The molecule has 0 bridgehead atoms. The van der Waals surface area contributed by atoms with Gasteiger partial charge in [-0.2, -0.15) is 0 Å². The van der Waals surface area contributed by atoms with Crippen LogP contribution >= 0.6 is 0 Å². The zero-order valence-corrected chi connectivity index (χ0v) is 7.50. The second kappa shape index (κ2) is 2.70. The first-order valence-electron chi connectivity index (χ1n) is 4.33. The number of hydrogen-bond donors (Lipinski definition) is 1. The molecule has 2 aliphatic rings. The maximum atomic E-state index is 11.7. The van der Waals surface area contributed by atoms with E-state index in [0.29, 0.717) is 0 Å². The van der Waals surface area contributed by atoms with Gasteiger partial charge in [-0.05, 0) is 19.3 Å². The summed E-state index contributed by atoms with van der Waals surface area (Å²) in [7, 11) is 1.46. The third-order valence-corrected chi connectivity index (χ3v) is 2.71. The number of nitrogens with one attached hydrogen (secondary N) is 1. The number of urea groups is 1. The normalized spacial score (nSPS) is 24.8. The average molecular weight is 184 g/mol. The summed E-state index contributed by atoms with van der Waals surface area (Å²) >= 11 is 0. The van der Waals surface area contributed by atoms with Crippen LogP contribution in [0.4, 0.5) is 4.79 Å². The van der Waals surface area contributed by atoms with E-state index < -0.39 is 5.54 Å². The molecule has 2 rings (SSSR count). The van der Waals surface area contributed by atoms with E-state index >= 15 is 0 Å². The molecule has 0 aromatic rings. The van der Waals surface area contributed by atoms with Crippen molar-refractivity contribution in [3.63, 3.8) is 0 Å². The Balaban J connectivity index is 2.14. The van der Waals surface area contributed by atoms with Crippen molar-refractivity contribution >= 4 is 11.9 Å². The number of rotatable bonds is 2. The Bertz CT molecular complexity index is 260. The molecule has 0 radical (unpaired) electrons. The Hall–Kier alpha value is -1.10. The van der Waals surface area contributed by atoms with Crippen molar-refractivity contribution in [1.29, 1.82) is 0 Å². The minimum absolute atomic E-state index is 0.0480. The van der Waals surface area contributed by atoms with Gasteiger partial charge in [0, 0.05) is 7.11 Å². The quantitative estimate of drug-likeness (QED) is 0.617. The van der Waals surface area contributed by atoms with E-state index in [1.165, 1.54) is 7.11 Å². The second-order valence-electron chi connectivity index (χ2n) is 3.52. The Kier molecular flexibility index (Phi) is 1.76. The van der Waals surface area contributed by atoms with E-state index in [1.807, 2.05) is 0 Å². The van der Waals surface area contributed by atoms with Gasteiger partial charge < -0.3 is 10.1 Å². The lowest BCUT2D eigenvalue weighted by Crippen LogP contribution is -2.52. The monoisotopic (exact) mass is 184 g/mol. The molecular formula is C8H12N2O3. The first-order chi connectivity index (χ1) is 6.19. The maximum absolute atomic E-state index is 11.7. The van der Waals surface area contributed by atoms with E-state index in [-0.39, 0.29) is 18.7 Å². The van der Waals surface area contributed by atoms with E-state index in [2.05, 4.69) is 5.32 Å². The molecule has 0 unspecified atom stereocenters. The fraction of sp³-hybridized carbons (Fsp3) is 0.750. The van der Waals surface area contributed by atoms with Gasteiger partial charge in [0.15, 0.2) is 0 Å². The van der Waals surface area contributed by atoms with Gasteiger partial charge >= 0.3 is 6.03 Å². The van der Waals surface area contributed by atoms with Crippen molar-refractivity contribution in [1.82, 2.24) is 10.2 Å². The molecule has 1 saturated heterocycles. The van der Waals surface area contributed by atoms with E-state index in [1.54, 1.807) is 0 Å². The van der Waals surface area contributed by atoms with Gasteiger partial charge in [0.05, 0.1) is 0 Å². The Morgan fingerprint density at radius 1 is 1.54 bits per heavy atom. The van der Waals surface area contributed by atoms with Crippen LogP contribution in [0.2, 0.25) is 0 Å².